The van der Waals surface area contributed by atoms with Crippen LogP contribution in [0, 0.1) is 0 Å². The molecular weight excluding hydrogens is 409 g/mol. The molecule has 2 aliphatic rings. The Morgan fingerprint density at radius 2 is 1.96 bits per heavy atom. The van der Waals surface area contributed by atoms with Crippen LogP contribution in [-0.4, -0.2) is 58.6 Å². The minimum absolute atomic E-state index is 0.0457. The fourth-order valence-electron chi connectivity index (χ4n) is 2.97. The van der Waals surface area contributed by atoms with Gasteiger partial charge in [0, 0.05) is 26.2 Å². The Labute approximate surface area is 170 Å². The second-order valence-electron chi connectivity index (χ2n) is 6.11. The van der Waals surface area contributed by atoms with E-state index in [1.807, 2.05) is 4.90 Å². The van der Waals surface area contributed by atoms with E-state index < -0.39 is 0 Å². The van der Waals surface area contributed by atoms with E-state index in [2.05, 4.69) is 15.3 Å². The number of aromatic nitrogens is 2. The van der Waals surface area contributed by atoms with Gasteiger partial charge < -0.3 is 15.1 Å². The standard InChI is InChI=1S/C17H15Cl2N5O2S/c18-11-3-1-2-10(14(11)19)16(26)23-4-6-24(7-5-23)17-20-8-12-15(22-17)27-9-13(25)21-12/h1-3,8H,4-7,9H2,(H,21,25). The van der Waals surface area contributed by atoms with Gasteiger partial charge in [0.25, 0.3) is 5.91 Å². The third-order valence-corrected chi connectivity index (χ3v) is 6.20. The van der Waals surface area contributed by atoms with Gasteiger partial charge in [0.15, 0.2) is 0 Å². The van der Waals surface area contributed by atoms with E-state index in [0.717, 1.165) is 5.03 Å². The third-order valence-electron chi connectivity index (χ3n) is 4.39. The number of anilines is 2. The molecule has 1 aromatic heterocycles. The maximum Gasteiger partial charge on any atom is 0.255 e. The van der Waals surface area contributed by atoms with Crippen LogP contribution in [0.25, 0.3) is 0 Å². The Bertz CT molecular complexity index is 918. The molecule has 0 bridgehead atoms. The molecule has 2 amide bonds. The van der Waals surface area contributed by atoms with Gasteiger partial charge in [0.05, 0.1) is 33.2 Å². The van der Waals surface area contributed by atoms with E-state index in [1.165, 1.54) is 11.8 Å². The first-order chi connectivity index (χ1) is 13.0. The average Bonchev–Trinajstić information content (AvgIpc) is 2.69. The number of carbonyl (C=O) groups is 2. The summed E-state index contributed by atoms with van der Waals surface area (Å²) in [6.07, 6.45) is 1.63. The summed E-state index contributed by atoms with van der Waals surface area (Å²) in [4.78, 5) is 36.8. The van der Waals surface area contributed by atoms with Crippen LogP contribution in [0.5, 0.6) is 0 Å². The van der Waals surface area contributed by atoms with Crippen molar-refractivity contribution in [1.29, 1.82) is 0 Å². The maximum absolute atomic E-state index is 12.7. The molecule has 1 N–H and O–H groups in total. The lowest BCUT2D eigenvalue weighted by Gasteiger charge is -2.35. The molecule has 0 spiro atoms. The van der Waals surface area contributed by atoms with Crippen molar-refractivity contribution in [2.24, 2.45) is 0 Å². The third kappa shape index (κ3) is 3.69. The molecule has 3 heterocycles. The fourth-order valence-corrected chi connectivity index (χ4v) is 4.10. The zero-order valence-corrected chi connectivity index (χ0v) is 16.4. The van der Waals surface area contributed by atoms with Gasteiger partial charge in [-0.2, -0.15) is 0 Å². The van der Waals surface area contributed by atoms with E-state index in [1.54, 1.807) is 29.3 Å². The lowest BCUT2D eigenvalue weighted by molar-refractivity contribution is -0.113. The molecule has 0 saturated carbocycles. The number of rotatable bonds is 2. The molecule has 1 saturated heterocycles. The molecule has 1 fully saturated rings. The number of fused-ring (bicyclic) bond motifs is 1. The van der Waals surface area contributed by atoms with E-state index >= 15 is 0 Å². The second-order valence-corrected chi connectivity index (χ2v) is 7.86. The van der Waals surface area contributed by atoms with Crippen molar-refractivity contribution >= 4 is 58.4 Å². The van der Waals surface area contributed by atoms with Gasteiger partial charge in [-0.15, -0.1) is 0 Å². The topological polar surface area (TPSA) is 78.4 Å². The van der Waals surface area contributed by atoms with Crippen LogP contribution in [-0.2, 0) is 4.79 Å². The van der Waals surface area contributed by atoms with Crippen LogP contribution in [0.4, 0.5) is 11.6 Å². The molecule has 10 heteroatoms. The lowest BCUT2D eigenvalue weighted by atomic mass is 10.2. The number of thioether (sulfide) groups is 1. The van der Waals surface area contributed by atoms with E-state index in [4.69, 9.17) is 23.2 Å². The van der Waals surface area contributed by atoms with Gasteiger partial charge in [-0.1, -0.05) is 41.0 Å². The van der Waals surface area contributed by atoms with Crippen molar-refractivity contribution in [3.05, 3.63) is 40.0 Å². The molecule has 2 aromatic rings. The molecule has 27 heavy (non-hydrogen) atoms. The molecule has 2 aliphatic heterocycles. The summed E-state index contributed by atoms with van der Waals surface area (Å²) in [6, 6.07) is 5.06. The summed E-state index contributed by atoms with van der Waals surface area (Å²) < 4.78 is 0. The molecule has 0 aliphatic carbocycles. The molecule has 1 aromatic carbocycles. The molecule has 0 unspecified atom stereocenters. The summed E-state index contributed by atoms with van der Waals surface area (Å²) >= 11 is 13.6. The summed E-state index contributed by atoms with van der Waals surface area (Å²) in [5.41, 5.74) is 1.05. The minimum Gasteiger partial charge on any atom is -0.337 e. The number of carbonyl (C=O) groups excluding carboxylic acids is 2. The Balaban J connectivity index is 1.44. The Kier molecular flexibility index (Phi) is 5.12. The second kappa shape index (κ2) is 7.53. The number of hydrogen-bond donors (Lipinski definition) is 1. The zero-order chi connectivity index (χ0) is 19.0. The highest BCUT2D eigenvalue weighted by atomic mass is 35.5. The predicted molar refractivity (Wildman–Crippen MR) is 106 cm³/mol. The fraction of sp³-hybridized carbons (Fsp3) is 0.294. The molecule has 4 rings (SSSR count). The van der Waals surface area contributed by atoms with Gasteiger partial charge in [-0.05, 0) is 12.1 Å². The van der Waals surface area contributed by atoms with Gasteiger partial charge in [0.2, 0.25) is 11.9 Å². The van der Waals surface area contributed by atoms with Gasteiger partial charge in [0.1, 0.15) is 5.03 Å². The van der Waals surface area contributed by atoms with Crippen LogP contribution >= 0.6 is 35.0 Å². The number of hydrogen-bond acceptors (Lipinski definition) is 6. The quantitative estimate of drug-likeness (QED) is 0.748. The first-order valence-corrected chi connectivity index (χ1v) is 10.0. The number of piperazine rings is 1. The number of amides is 2. The van der Waals surface area contributed by atoms with Crippen molar-refractivity contribution in [2.45, 2.75) is 5.03 Å². The van der Waals surface area contributed by atoms with Crippen LogP contribution in [0.15, 0.2) is 29.4 Å². The first kappa shape index (κ1) is 18.3. The highest BCUT2D eigenvalue weighted by molar-refractivity contribution is 8.00. The van der Waals surface area contributed by atoms with E-state index in [0.29, 0.717) is 54.2 Å². The van der Waals surface area contributed by atoms with Gasteiger partial charge in [-0.3, -0.25) is 9.59 Å². The molecule has 140 valence electrons. The summed E-state index contributed by atoms with van der Waals surface area (Å²) in [5.74, 6) is 0.777. The highest BCUT2D eigenvalue weighted by Gasteiger charge is 2.26. The van der Waals surface area contributed by atoms with Crippen LogP contribution < -0.4 is 10.2 Å². The van der Waals surface area contributed by atoms with Crippen LogP contribution in [0.2, 0.25) is 10.0 Å². The maximum atomic E-state index is 12.7. The van der Waals surface area contributed by atoms with Crippen molar-refractivity contribution in [3.63, 3.8) is 0 Å². The molecule has 7 nitrogen and oxygen atoms in total. The summed E-state index contributed by atoms with van der Waals surface area (Å²) in [7, 11) is 0. The van der Waals surface area contributed by atoms with Gasteiger partial charge in [-0.25, -0.2) is 9.97 Å². The Morgan fingerprint density at radius 1 is 1.19 bits per heavy atom. The summed E-state index contributed by atoms with van der Waals surface area (Å²) in [6.45, 7) is 2.29. The number of nitrogens with zero attached hydrogens (tertiary/aromatic N) is 4. The smallest absolute Gasteiger partial charge is 0.255 e. The molecule has 0 radical (unpaired) electrons. The normalized spacial score (nSPS) is 16.7. The van der Waals surface area contributed by atoms with Crippen molar-refractivity contribution < 1.29 is 9.59 Å². The van der Waals surface area contributed by atoms with E-state index in [-0.39, 0.29) is 16.8 Å². The SMILES string of the molecule is O=C1CSc2nc(N3CCN(C(=O)c4cccc(Cl)c4Cl)CC3)ncc2N1. The average molecular weight is 424 g/mol. The Hall–Kier alpha value is -2.03. The van der Waals surface area contributed by atoms with Crippen molar-refractivity contribution in [2.75, 3.05) is 42.1 Å². The predicted octanol–water partition coefficient (Wildman–Crippen LogP) is 2.79. The lowest BCUT2D eigenvalue weighted by Crippen LogP contribution is -2.49. The molecular formula is C17H15Cl2N5O2S. The van der Waals surface area contributed by atoms with Crippen LogP contribution in [0.3, 0.4) is 0 Å². The number of nitrogens with one attached hydrogen (secondary N) is 1. The van der Waals surface area contributed by atoms with Gasteiger partial charge >= 0.3 is 0 Å². The highest BCUT2D eigenvalue weighted by Crippen LogP contribution is 2.31. The van der Waals surface area contributed by atoms with Crippen LogP contribution in [0.1, 0.15) is 10.4 Å². The zero-order valence-electron chi connectivity index (χ0n) is 14.1. The number of benzene rings is 1. The minimum atomic E-state index is -0.133. The van der Waals surface area contributed by atoms with Crippen molar-refractivity contribution in [3.8, 4) is 0 Å². The largest absolute Gasteiger partial charge is 0.337 e. The Morgan fingerprint density at radius 3 is 2.74 bits per heavy atom. The monoisotopic (exact) mass is 423 g/mol. The van der Waals surface area contributed by atoms with E-state index in [9.17, 15) is 9.59 Å². The number of halogens is 2. The first-order valence-electron chi connectivity index (χ1n) is 8.31. The summed E-state index contributed by atoms with van der Waals surface area (Å²) in [5, 5.41) is 4.18. The molecule has 0 atom stereocenters. The van der Waals surface area contributed by atoms with Crippen molar-refractivity contribution in [1.82, 2.24) is 14.9 Å².